The van der Waals surface area contributed by atoms with E-state index in [9.17, 15) is 0 Å². The Bertz CT molecular complexity index is 448. The van der Waals surface area contributed by atoms with Gasteiger partial charge in [0, 0.05) is 10.3 Å². The van der Waals surface area contributed by atoms with Gasteiger partial charge < -0.3 is 0 Å². The first-order valence-corrected chi connectivity index (χ1v) is 6.02. The minimum Gasteiger partial charge on any atom is -0.121 e. The molecule has 0 amide bonds. The summed E-state index contributed by atoms with van der Waals surface area (Å²) in [4.78, 5) is 1.27. The Kier molecular flexibility index (Phi) is 2.58. The quantitative estimate of drug-likeness (QED) is 0.642. The molecule has 0 N–H and O–H groups in total. The van der Waals surface area contributed by atoms with Gasteiger partial charge in [-0.15, -0.1) is 22.7 Å². The first-order valence-electron chi connectivity index (χ1n) is 3.91. The van der Waals surface area contributed by atoms with E-state index >= 15 is 0 Å². The Morgan fingerprint density at radius 1 is 1.15 bits per heavy atom. The minimum atomic E-state index is 0.996. The number of hydrogen-bond donors (Lipinski definition) is 0. The molecule has 0 atom stereocenters. The lowest BCUT2D eigenvalue weighted by molar-refractivity contribution is 1.48. The van der Waals surface area contributed by atoms with Crippen molar-refractivity contribution in [2.45, 2.75) is 6.92 Å². The summed E-state index contributed by atoms with van der Waals surface area (Å²) in [5.74, 6) is 0. The van der Waals surface area contributed by atoms with Gasteiger partial charge in [-0.3, -0.25) is 0 Å². The molecule has 3 heteroatoms. The second kappa shape index (κ2) is 3.70. The first-order chi connectivity index (χ1) is 6.25. The zero-order valence-electron chi connectivity index (χ0n) is 7.11. The van der Waals surface area contributed by atoms with Crippen molar-refractivity contribution in [3.05, 3.63) is 38.3 Å². The normalized spacial score (nSPS) is 10.2. The van der Waals surface area contributed by atoms with Crippen LogP contribution in [0.2, 0.25) is 0 Å². The van der Waals surface area contributed by atoms with Crippen LogP contribution in [0.5, 0.6) is 0 Å². The highest BCUT2D eigenvalue weighted by molar-refractivity contribution is 7.76. The standard InChI is InChI=1S/C10H8S3/c1-7-2-4-8(5-3-7)9-6-12-10(11)13-9/h2-6H,1H3. The van der Waals surface area contributed by atoms with Crippen molar-refractivity contribution in [1.82, 2.24) is 0 Å². The molecule has 1 aromatic carbocycles. The summed E-state index contributed by atoms with van der Waals surface area (Å²) in [6.07, 6.45) is 0. The maximum Gasteiger partial charge on any atom is 0.144 e. The Labute approximate surface area is 90.5 Å². The van der Waals surface area contributed by atoms with Crippen LogP contribution in [0, 0.1) is 10.1 Å². The molecule has 0 bridgehead atoms. The Balaban J connectivity index is 2.47. The summed E-state index contributed by atoms with van der Waals surface area (Å²) >= 11 is 8.41. The lowest BCUT2D eigenvalue weighted by Gasteiger charge is -1.96. The van der Waals surface area contributed by atoms with E-state index in [0.717, 1.165) is 3.14 Å². The average Bonchev–Trinajstić information content (AvgIpc) is 2.53. The fourth-order valence-corrected chi connectivity index (χ4v) is 3.21. The molecule has 0 aliphatic rings. The third kappa shape index (κ3) is 2.05. The van der Waals surface area contributed by atoms with E-state index in [4.69, 9.17) is 12.2 Å². The lowest BCUT2D eigenvalue weighted by Crippen LogP contribution is -1.72. The highest BCUT2D eigenvalue weighted by Gasteiger charge is 1.98. The molecule has 66 valence electrons. The van der Waals surface area contributed by atoms with Crippen molar-refractivity contribution in [3.63, 3.8) is 0 Å². The van der Waals surface area contributed by atoms with E-state index < -0.39 is 0 Å². The molecule has 0 aliphatic carbocycles. The van der Waals surface area contributed by atoms with Gasteiger partial charge in [0.15, 0.2) is 0 Å². The van der Waals surface area contributed by atoms with E-state index in [-0.39, 0.29) is 0 Å². The summed E-state index contributed by atoms with van der Waals surface area (Å²) in [6, 6.07) is 8.54. The number of hydrogen-bond acceptors (Lipinski definition) is 3. The fraction of sp³-hybridized carbons (Fsp3) is 0.100. The van der Waals surface area contributed by atoms with Crippen LogP contribution in [-0.2, 0) is 0 Å². The van der Waals surface area contributed by atoms with Crippen molar-refractivity contribution in [3.8, 4) is 10.4 Å². The summed E-state index contributed by atoms with van der Waals surface area (Å²) in [5.41, 5.74) is 2.56. The summed E-state index contributed by atoms with van der Waals surface area (Å²) < 4.78 is 0.996. The van der Waals surface area contributed by atoms with Gasteiger partial charge >= 0.3 is 0 Å². The largest absolute Gasteiger partial charge is 0.144 e. The van der Waals surface area contributed by atoms with E-state index in [0.29, 0.717) is 0 Å². The van der Waals surface area contributed by atoms with Gasteiger partial charge in [0.05, 0.1) is 0 Å². The molecule has 0 aliphatic heterocycles. The van der Waals surface area contributed by atoms with Gasteiger partial charge in [0.25, 0.3) is 0 Å². The predicted octanol–water partition coefficient (Wildman–Crippen LogP) is 4.51. The van der Waals surface area contributed by atoms with Crippen LogP contribution in [0.4, 0.5) is 0 Å². The molecule has 0 unspecified atom stereocenters. The molecule has 0 radical (unpaired) electrons. The fourth-order valence-electron chi connectivity index (χ4n) is 1.08. The molecule has 0 saturated heterocycles. The molecule has 0 saturated carbocycles. The Hall–Kier alpha value is -0.510. The van der Waals surface area contributed by atoms with Crippen LogP contribution in [0.25, 0.3) is 10.4 Å². The molecule has 13 heavy (non-hydrogen) atoms. The summed E-state index contributed by atoms with van der Waals surface area (Å²) in [7, 11) is 0. The van der Waals surface area contributed by atoms with Crippen molar-refractivity contribution in [2.75, 3.05) is 0 Å². The van der Waals surface area contributed by atoms with Crippen molar-refractivity contribution in [2.24, 2.45) is 0 Å². The molecule has 2 rings (SSSR count). The third-order valence-electron chi connectivity index (χ3n) is 1.79. The molecular weight excluding hydrogens is 216 g/mol. The van der Waals surface area contributed by atoms with Crippen LogP contribution < -0.4 is 0 Å². The van der Waals surface area contributed by atoms with Crippen LogP contribution in [0.1, 0.15) is 5.56 Å². The topological polar surface area (TPSA) is 0 Å². The van der Waals surface area contributed by atoms with Crippen LogP contribution in [-0.4, -0.2) is 0 Å². The van der Waals surface area contributed by atoms with Crippen molar-refractivity contribution >= 4 is 34.9 Å². The molecule has 0 spiro atoms. The number of aryl methyl sites for hydroxylation is 1. The van der Waals surface area contributed by atoms with E-state index in [1.807, 2.05) is 0 Å². The molecule has 1 heterocycles. The smallest absolute Gasteiger partial charge is 0.121 e. The highest BCUT2D eigenvalue weighted by Crippen LogP contribution is 2.28. The number of benzene rings is 1. The predicted molar refractivity (Wildman–Crippen MR) is 63.2 cm³/mol. The second-order valence-corrected chi connectivity index (χ2v) is 5.93. The van der Waals surface area contributed by atoms with Gasteiger partial charge in [-0.2, -0.15) is 0 Å². The molecule has 1 aromatic heterocycles. The maximum atomic E-state index is 5.10. The SMILES string of the molecule is Cc1ccc(-c2csc(=S)s2)cc1. The molecule has 0 nitrogen and oxygen atoms in total. The first kappa shape index (κ1) is 9.06. The third-order valence-corrected chi connectivity index (χ3v) is 4.30. The zero-order valence-corrected chi connectivity index (χ0v) is 9.56. The van der Waals surface area contributed by atoms with E-state index in [1.54, 1.807) is 22.7 Å². The van der Waals surface area contributed by atoms with Gasteiger partial charge in [-0.1, -0.05) is 42.0 Å². The van der Waals surface area contributed by atoms with Gasteiger partial charge in [-0.25, -0.2) is 0 Å². The van der Waals surface area contributed by atoms with Crippen molar-refractivity contribution in [1.29, 1.82) is 0 Å². The number of rotatable bonds is 1. The van der Waals surface area contributed by atoms with E-state index in [2.05, 4.69) is 36.6 Å². The van der Waals surface area contributed by atoms with Crippen molar-refractivity contribution < 1.29 is 0 Å². The average molecular weight is 224 g/mol. The van der Waals surface area contributed by atoms with Gasteiger partial charge in [-0.05, 0) is 12.5 Å². The molecular formula is C10H8S3. The summed E-state index contributed by atoms with van der Waals surface area (Å²) in [5, 5.41) is 2.12. The minimum absolute atomic E-state index is 0.996. The van der Waals surface area contributed by atoms with Crippen LogP contribution in [0.15, 0.2) is 29.6 Å². The highest BCUT2D eigenvalue weighted by atomic mass is 32.2. The van der Waals surface area contributed by atoms with Crippen LogP contribution in [0.3, 0.4) is 0 Å². The van der Waals surface area contributed by atoms with Crippen LogP contribution >= 0.6 is 34.9 Å². The lowest BCUT2D eigenvalue weighted by atomic mass is 10.1. The van der Waals surface area contributed by atoms with Gasteiger partial charge in [0.2, 0.25) is 0 Å². The molecule has 0 fully saturated rings. The van der Waals surface area contributed by atoms with Gasteiger partial charge in [0.1, 0.15) is 3.14 Å². The molecule has 2 aromatic rings. The summed E-state index contributed by atoms with van der Waals surface area (Å²) in [6.45, 7) is 2.10. The second-order valence-electron chi connectivity index (χ2n) is 2.82. The Morgan fingerprint density at radius 3 is 2.38 bits per heavy atom. The maximum absolute atomic E-state index is 5.10. The monoisotopic (exact) mass is 224 g/mol. The Morgan fingerprint density at radius 2 is 1.85 bits per heavy atom. The van der Waals surface area contributed by atoms with E-state index in [1.165, 1.54) is 16.0 Å². The zero-order chi connectivity index (χ0) is 9.26.